The number of hydrogen-bond donors (Lipinski definition) is 0. The predicted octanol–water partition coefficient (Wildman–Crippen LogP) is 4.08. The SMILES string of the molecule is Cn1c2ccccc2c2c3ccoc3ccc21. The average Bonchev–Trinajstić information content (AvgIpc) is 2.93. The molecule has 2 nitrogen and oxygen atoms in total. The number of benzene rings is 2. The molecule has 2 aromatic heterocycles. The van der Waals surface area contributed by atoms with E-state index < -0.39 is 0 Å². The summed E-state index contributed by atoms with van der Waals surface area (Å²) in [4.78, 5) is 0. The summed E-state index contributed by atoms with van der Waals surface area (Å²) in [6.45, 7) is 0. The summed E-state index contributed by atoms with van der Waals surface area (Å²) in [5.41, 5.74) is 3.46. The first kappa shape index (κ1) is 8.88. The van der Waals surface area contributed by atoms with E-state index in [0.717, 1.165) is 5.58 Å². The van der Waals surface area contributed by atoms with Crippen molar-refractivity contribution in [1.82, 2.24) is 4.57 Å². The minimum Gasteiger partial charge on any atom is -0.464 e. The molecule has 0 aliphatic rings. The first-order valence-electron chi connectivity index (χ1n) is 5.69. The van der Waals surface area contributed by atoms with Crippen LogP contribution in [0.3, 0.4) is 0 Å². The second-order valence-electron chi connectivity index (χ2n) is 4.37. The molecule has 0 spiro atoms. The fraction of sp³-hybridized carbons (Fsp3) is 0.0667. The van der Waals surface area contributed by atoms with Gasteiger partial charge in [-0.05, 0) is 24.3 Å². The highest BCUT2D eigenvalue weighted by Crippen LogP contribution is 2.34. The van der Waals surface area contributed by atoms with E-state index in [0.29, 0.717) is 0 Å². The van der Waals surface area contributed by atoms with Crippen LogP contribution in [0, 0.1) is 0 Å². The van der Waals surface area contributed by atoms with Gasteiger partial charge < -0.3 is 8.98 Å². The van der Waals surface area contributed by atoms with Crippen LogP contribution in [0.15, 0.2) is 53.1 Å². The van der Waals surface area contributed by atoms with E-state index in [-0.39, 0.29) is 0 Å². The van der Waals surface area contributed by atoms with E-state index in [1.54, 1.807) is 6.26 Å². The highest BCUT2D eigenvalue weighted by molar-refractivity contribution is 6.19. The quantitative estimate of drug-likeness (QED) is 0.437. The smallest absolute Gasteiger partial charge is 0.134 e. The van der Waals surface area contributed by atoms with E-state index in [2.05, 4.69) is 41.9 Å². The normalized spacial score (nSPS) is 11.8. The summed E-state index contributed by atoms with van der Waals surface area (Å²) < 4.78 is 7.71. The Hall–Kier alpha value is -2.22. The van der Waals surface area contributed by atoms with E-state index in [4.69, 9.17) is 4.42 Å². The lowest BCUT2D eigenvalue weighted by Gasteiger charge is -1.96. The number of hydrogen-bond acceptors (Lipinski definition) is 1. The summed E-state index contributed by atoms with van der Waals surface area (Å²) in [5.74, 6) is 0. The Morgan fingerprint density at radius 2 is 1.76 bits per heavy atom. The van der Waals surface area contributed by atoms with Gasteiger partial charge in [0.1, 0.15) is 5.58 Å². The molecule has 4 aromatic rings. The molecule has 2 heterocycles. The molecule has 0 aliphatic carbocycles. The number of fused-ring (bicyclic) bond motifs is 5. The van der Waals surface area contributed by atoms with Crippen LogP contribution in [0.4, 0.5) is 0 Å². The van der Waals surface area contributed by atoms with Crippen molar-refractivity contribution in [2.45, 2.75) is 0 Å². The van der Waals surface area contributed by atoms with Crippen LogP contribution in [0.25, 0.3) is 32.8 Å². The van der Waals surface area contributed by atoms with Crippen molar-refractivity contribution in [2.24, 2.45) is 7.05 Å². The second-order valence-corrected chi connectivity index (χ2v) is 4.37. The lowest BCUT2D eigenvalue weighted by Crippen LogP contribution is -1.85. The van der Waals surface area contributed by atoms with Crippen LogP contribution in [0.2, 0.25) is 0 Å². The maximum Gasteiger partial charge on any atom is 0.134 e. The highest BCUT2D eigenvalue weighted by Gasteiger charge is 2.11. The number of rotatable bonds is 0. The van der Waals surface area contributed by atoms with Gasteiger partial charge in [-0.1, -0.05) is 18.2 Å². The summed E-state index contributed by atoms with van der Waals surface area (Å²) in [5, 5.41) is 3.77. The van der Waals surface area contributed by atoms with Gasteiger partial charge in [-0.2, -0.15) is 0 Å². The Labute approximate surface area is 98.1 Å². The van der Waals surface area contributed by atoms with E-state index in [1.165, 1.54) is 27.2 Å². The van der Waals surface area contributed by atoms with Gasteiger partial charge in [0.05, 0.1) is 6.26 Å². The van der Waals surface area contributed by atoms with Gasteiger partial charge in [-0.25, -0.2) is 0 Å². The minimum atomic E-state index is 0.953. The zero-order valence-electron chi connectivity index (χ0n) is 9.47. The van der Waals surface area contributed by atoms with Gasteiger partial charge in [0.15, 0.2) is 0 Å². The number of aryl methyl sites for hydroxylation is 1. The fourth-order valence-corrected chi connectivity index (χ4v) is 2.70. The molecule has 0 bridgehead atoms. The first-order chi connectivity index (χ1) is 8.36. The highest BCUT2D eigenvalue weighted by atomic mass is 16.3. The van der Waals surface area contributed by atoms with Crippen molar-refractivity contribution in [2.75, 3.05) is 0 Å². The number of nitrogens with zero attached hydrogens (tertiary/aromatic N) is 1. The maximum atomic E-state index is 5.47. The molecule has 17 heavy (non-hydrogen) atoms. The zero-order valence-corrected chi connectivity index (χ0v) is 9.47. The Kier molecular flexibility index (Phi) is 1.52. The molecule has 4 rings (SSSR count). The number of furan rings is 1. The summed E-state index contributed by atoms with van der Waals surface area (Å²) in [6.07, 6.45) is 1.76. The van der Waals surface area contributed by atoms with Gasteiger partial charge >= 0.3 is 0 Å². The maximum absolute atomic E-state index is 5.47. The first-order valence-corrected chi connectivity index (χ1v) is 5.69. The topological polar surface area (TPSA) is 18.1 Å². The van der Waals surface area contributed by atoms with Gasteiger partial charge in [0.2, 0.25) is 0 Å². The molecule has 0 radical (unpaired) electrons. The standard InChI is InChI=1S/C15H11NO/c1-16-12-5-3-2-4-10(12)15-11-8-9-17-14(11)7-6-13(15)16/h2-9H,1H3. The number of aromatic nitrogens is 1. The van der Waals surface area contributed by atoms with Crippen LogP contribution in [-0.2, 0) is 7.05 Å². The molecule has 0 aliphatic heterocycles. The summed E-state index contributed by atoms with van der Waals surface area (Å²) in [7, 11) is 2.11. The Bertz CT molecular complexity index is 851. The Morgan fingerprint density at radius 3 is 2.71 bits per heavy atom. The number of para-hydroxylation sites is 1. The Morgan fingerprint density at radius 1 is 0.882 bits per heavy atom. The summed E-state index contributed by atoms with van der Waals surface area (Å²) in [6, 6.07) is 14.7. The molecule has 82 valence electrons. The molecule has 2 aromatic carbocycles. The molecule has 2 heteroatoms. The average molecular weight is 221 g/mol. The molecule has 0 amide bonds. The van der Waals surface area contributed by atoms with Crippen LogP contribution >= 0.6 is 0 Å². The van der Waals surface area contributed by atoms with E-state index >= 15 is 0 Å². The van der Waals surface area contributed by atoms with Crippen molar-refractivity contribution in [3.05, 3.63) is 48.7 Å². The third kappa shape index (κ3) is 0.998. The molecule has 0 atom stereocenters. The van der Waals surface area contributed by atoms with Crippen LogP contribution in [0.5, 0.6) is 0 Å². The van der Waals surface area contributed by atoms with Crippen molar-refractivity contribution in [3.8, 4) is 0 Å². The summed E-state index contributed by atoms with van der Waals surface area (Å²) >= 11 is 0. The predicted molar refractivity (Wildman–Crippen MR) is 70.2 cm³/mol. The van der Waals surface area contributed by atoms with Gasteiger partial charge in [-0.3, -0.25) is 0 Å². The van der Waals surface area contributed by atoms with Crippen molar-refractivity contribution >= 4 is 32.8 Å². The van der Waals surface area contributed by atoms with Crippen LogP contribution in [0.1, 0.15) is 0 Å². The van der Waals surface area contributed by atoms with E-state index in [9.17, 15) is 0 Å². The van der Waals surface area contributed by atoms with Crippen molar-refractivity contribution in [1.29, 1.82) is 0 Å². The van der Waals surface area contributed by atoms with E-state index in [1.807, 2.05) is 12.1 Å². The van der Waals surface area contributed by atoms with Crippen molar-refractivity contribution in [3.63, 3.8) is 0 Å². The van der Waals surface area contributed by atoms with Crippen molar-refractivity contribution < 1.29 is 4.42 Å². The van der Waals surface area contributed by atoms with Crippen LogP contribution in [-0.4, -0.2) is 4.57 Å². The molecule has 0 fully saturated rings. The second kappa shape index (κ2) is 2.92. The largest absolute Gasteiger partial charge is 0.464 e. The monoisotopic (exact) mass is 221 g/mol. The molecule has 0 unspecified atom stereocenters. The Balaban J connectivity index is 2.45. The van der Waals surface area contributed by atoms with Gasteiger partial charge in [-0.15, -0.1) is 0 Å². The third-order valence-corrected chi connectivity index (χ3v) is 3.51. The third-order valence-electron chi connectivity index (χ3n) is 3.51. The lowest BCUT2D eigenvalue weighted by atomic mass is 10.1. The lowest BCUT2D eigenvalue weighted by molar-refractivity contribution is 0.616. The molecular formula is C15H11NO. The molecule has 0 saturated carbocycles. The zero-order chi connectivity index (χ0) is 11.4. The molecule has 0 saturated heterocycles. The molecule has 0 N–H and O–H groups in total. The van der Waals surface area contributed by atoms with Gasteiger partial charge in [0, 0.05) is 34.2 Å². The fourth-order valence-electron chi connectivity index (χ4n) is 2.70. The van der Waals surface area contributed by atoms with Gasteiger partial charge in [0.25, 0.3) is 0 Å². The molecular weight excluding hydrogens is 210 g/mol. The minimum absolute atomic E-state index is 0.953. The van der Waals surface area contributed by atoms with Crippen LogP contribution < -0.4 is 0 Å².